The predicted molar refractivity (Wildman–Crippen MR) is 104 cm³/mol. The minimum absolute atomic E-state index is 0.0358. The van der Waals surface area contributed by atoms with Crippen LogP contribution in [-0.4, -0.2) is 53.2 Å². The van der Waals surface area contributed by atoms with Crippen molar-refractivity contribution < 1.29 is 4.79 Å². The van der Waals surface area contributed by atoms with Gasteiger partial charge in [0.25, 0.3) is 5.91 Å². The number of aryl methyl sites for hydroxylation is 2. The van der Waals surface area contributed by atoms with Gasteiger partial charge in [0.15, 0.2) is 5.82 Å². The van der Waals surface area contributed by atoms with Crippen molar-refractivity contribution >= 4 is 5.91 Å². The van der Waals surface area contributed by atoms with E-state index in [2.05, 4.69) is 29.3 Å². The van der Waals surface area contributed by atoms with Gasteiger partial charge in [-0.2, -0.15) is 0 Å². The second-order valence-electron chi connectivity index (χ2n) is 7.41. The van der Waals surface area contributed by atoms with Gasteiger partial charge in [-0.15, -0.1) is 10.2 Å². The molecule has 8 heteroatoms. The number of carbonyl (C=O) groups is 1. The second-order valence-corrected chi connectivity index (χ2v) is 7.41. The Morgan fingerprint density at radius 3 is 2.79 bits per heavy atom. The highest BCUT2D eigenvalue weighted by Gasteiger charge is 2.29. The molecule has 3 aromatic rings. The first-order valence-electron chi connectivity index (χ1n) is 9.60. The van der Waals surface area contributed by atoms with E-state index in [1.165, 1.54) is 0 Å². The van der Waals surface area contributed by atoms with E-state index in [1.54, 1.807) is 12.4 Å². The van der Waals surface area contributed by atoms with Crippen LogP contribution in [0.4, 0.5) is 0 Å². The number of hydrogen-bond acceptors (Lipinski definition) is 5. The summed E-state index contributed by atoms with van der Waals surface area (Å²) in [5.74, 6) is 3.00. The van der Waals surface area contributed by atoms with Crippen molar-refractivity contribution in [3.8, 4) is 0 Å². The molecular weight excluding hydrogens is 354 g/mol. The Morgan fingerprint density at radius 2 is 2.07 bits per heavy atom. The molecule has 1 fully saturated rings. The summed E-state index contributed by atoms with van der Waals surface area (Å²) in [6, 6.07) is 3.73. The molecule has 0 saturated carbocycles. The lowest BCUT2D eigenvalue weighted by Crippen LogP contribution is -2.39. The zero-order chi connectivity index (χ0) is 19.7. The molecule has 3 aromatic heterocycles. The highest BCUT2D eigenvalue weighted by molar-refractivity contribution is 5.94. The van der Waals surface area contributed by atoms with Gasteiger partial charge in [-0.05, 0) is 38.8 Å². The molecule has 0 radical (unpaired) electrons. The molecule has 28 heavy (non-hydrogen) atoms. The first kappa shape index (κ1) is 18.3. The van der Waals surface area contributed by atoms with Crippen LogP contribution < -0.4 is 0 Å². The Morgan fingerprint density at radius 1 is 1.21 bits per heavy atom. The molecule has 0 N–H and O–H groups in total. The molecule has 1 aliphatic heterocycles. The Balaban J connectivity index is 1.49. The average molecular weight is 379 g/mol. The zero-order valence-electron chi connectivity index (χ0n) is 16.5. The van der Waals surface area contributed by atoms with Crippen molar-refractivity contribution in [2.24, 2.45) is 7.05 Å². The Kier molecular flexibility index (Phi) is 4.93. The summed E-state index contributed by atoms with van der Waals surface area (Å²) < 4.78 is 4.11. The van der Waals surface area contributed by atoms with Crippen molar-refractivity contribution in [3.63, 3.8) is 0 Å². The van der Waals surface area contributed by atoms with Crippen LogP contribution in [0.2, 0.25) is 0 Å². The van der Waals surface area contributed by atoms with Crippen molar-refractivity contribution in [1.29, 1.82) is 0 Å². The molecule has 0 unspecified atom stereocenters. The molecule has 146 valence electrons. The van der Waals surface area contributed by atoms with Crippen LogP contribution in [-0.2, 0) is 13.6 Å². The maximum absolute atomic E-state index is 12.9. The maximum atomic E-state index is 12.9. The third-order valence-corrected chi connectivity index (χ3v) is 5.47. The Hall–Kier alpha value is -3.03. The maximum Gasteiger partial charge on any atom is 0.255 e. The van der Waals surface area contributed by atoms with Gasteiger partial charge in [-0.3, -0.25) is 9.78 Å². The third kappa shape index (κ3) is 3.54. The lowest BCUT2D eigenvalue weighted by molar-refractivity contribution is 0.0703. The van der Waals surface area contributed by atoms with E-state index in [9.17, 15) is 4.79 Å². The van der Waals surface area contributed by atoms with E-state index in [1.807, 2.05) is 44.1 Å². The van der Waals surface area contributed by atoms with Gasteiger partial charge in [0.1, 0.15) is 11.6 Å². The highest BCUT2D eigenvalue weighted by atomic mass is 16.2. The molecule has 1 aliphatic rings. The molecule has 8 nitrogen and oxygen atoms in total. The number of hydrogen-bond donors (Lipinski definition) is 0. The molecule has 0 spiro atoms. The van der Waals surface area contributed by atoms with E-state index in [0.717, 1.165) is 42.6 Å². The molecule has 4 rings (SSSR count). The monoisotopic (exact) mass is 379 g/mol. The fourth-order valence-corrected chi connectivity index (χ4v) is 3.74. The number of nitrogens with zero attached hydrogens (tertiary/aromatic N) is 7. The van der Waals surface area contributed by atoms with Gasteiger partial charge in [0.2, 0.25) is 0 Å². The van der Waals surface area contributed by atoms with E-state index < -0.39 is 0 Å². The molecule has 4 heterocycles. The molecule has 1 atom stereocenters. The first-order chi connectivity index (χ1) is 13.5. The van der Waals surface area contributed by atoms with Crippen molar-refractivity contribution in [1.82, 2.24) is 34.2 Å². The number of aromatic nitrogens is 6. The number of imidazole rings is 1. The SMILES string of the molecule is Cc1ccc(C(=O)N2CCC[C@H](c3nnc(Cn4ccnc4C)n3C)C2)cn1. The number of rotatable bonds is 4. The molecular formula is C20H25N7O. The van der Waals surface area contributed by atoms with Crippen molar-refractivity contribution in [2.75, 3.05) is 13.1 Å². The number of piperidine rings is 1. The van der Waals surface area contributed by atoms with E-state index in [0.29, 0.717) is 18.7 Å². The van der Waals surface area contributed by atoms with Crippen LogP contribution in [0.5, 0.6) is 0 Å². The fraction of sp³-hybridized carbons (Fsp3) is 0.450. The summed E-state index contributed by atoms with van der Waals surface area (Å²) in [5.41, 5.74) is 1.55. The minimum atomic E-state index is 0.0358. The standard InChI is InChI=1S/C20H25N7O/c1-14-6-7-16(11-22-14)20(28)27-9-4-5-17(12-27)19-24-23-18(25(19)3)13-26-10-8-21-15(26)2/h6-8,10-11,17H,4-5,9,12-13H2,1-3H3/t17-/m0/s1. The van der Waals surface area contributed by atoms with Crippen LogP contribution in [0.15, 0.2) is 30.7 Å². The average Bonchev–Trinajstić information content (AvgIpc) is 3.28. The van der Waals surface area contributed by atoms with Gasteiger partial charge < -0.3 is 14.0 Å². The van der Waals surface area contributed by atoms with E-state index in [-0.39, 0.29) is 11.8 Å². The van der Waals surface area contributed by atoms with Crippen LogP contribution in [0.3, 0.4) is 0 Å². The van der Waals surface area contributed by atoms with E-state index in [4.69, 9.17) is 0 Å². The van der Waals surface area contributed by atoms with E-state index >= 15 is 0 Å². The zero-order valence-corrected chi connectivity index (χ0v) is 16.5. The summed E-state index contributed by atoms with van der Waals surface area (Å²) in [6.07, 6.45) is 7.36. The normalized spacial score (nSPS) is 17.1. The van der Waals surface area contributed by atoms with Crippen LogP contribution in [0.1, 0.15) is 52.3 Å². The summed E-state index contributed by atoms with van der Waals surface area (Å²) in [6.45, 7) is 5.95. The summed E-state index contributed by atoms with van der Waals surface area (Å²) >= 11 is 0. The van der Waals surface area contributed by atoms with Gasteiger partial charge in [-0.1, -0.05) is 0 Å². The largest absolute Gasteiger partial charge is 0.338 e. The van der Waals surface area contributed by atoms with Crippen molar-refractivity contribution in [3.05, 3.63) is 59.5 Å². The second kappa shape index (κ2) is 7.53. The Bertz CT molecular complexity index is 973. The summed E-state index contributed by atoms with van der Waals surface area (Å²) in [5, 5.41) is 8.85. The Labute approximate surface area is 164 Å². The summed E-state index contributed by atoms with van der Waals surface area (Å²) in [7, 11) is 2.00. The topological polar surface area (TPSA) is 81.7 Å². The molecule has 1 saturated heterocycles. The smallest absolute Gasteiger partial charge is 0.255 e. The number of carbonyl (C=O) groups excluding carboxylic acids is 1. The van der Waals surface area contributed by atoms with Crippen LogP contribution in [0.25, 0.3) is 0 Å². The molecule has 0 aliphatic carbocycles. The third-order valence-electron chi connectivity index (χ3n) is 5.47. The molecule has 0 bridgehead atoms. The number of pyridine rings is 1. The van der Waals surface area contributed by atoms with Crippen molar-refractivity contribution in [2.45, 2.75) is 39.2 Å². The lowest BCUT2D eigenvalue weighted by Gasteiger charge is -2.32. The molecule has 1 amide bonds. The van der Waals surface area contributed by atoms with Gasteiger partial charge >= 0.3 is 0 Å². The predicted octanol–water partition coefficient (Wildman–Crippen LogP) is 2.09. The number of amides is 1. The van der Waals surface area contributed by atoms with Crippen LogP contribution in [0, 0.1) is 13.8 Å². The first-order valence-corrected chi connectivity index (χ1v) is 9.60. The summed E-state index contributed by atoms with van der Waals surface area (Å²) in [4.78, 5) is 23.3. The molecule has 0 aromatic carbocycles. The quantitative estimate of drug-likeness (QED) is 0.693. The van der Waals surface area contributed by atoms with Gasteiger partial charge in [-0.25, -0.2) is 4.98 Å². The fourth-order valence-electron chi connectivity index (χ4n) is 3.74. The minimum Gasteiger partial charge on any atom is -0.338 e. The van der Waals surface area contributed by atoms with Crippen LogP contribution >= 0.6 is 0 Å². The van der Waals surface area contributed by atoms with Gasteiger partial charge in [0, 0.05) is 50.3 Å². The highest BCUT2D eigenvalue weighted by Crippen LogP contribution is 2.27. The van der Waals surface area contributed by atoms with Gasteiger partial charge in [0.05, 0.1) is 12.1 Å². The number of likely N-dealkylation sites (tertiary alicyclic amines) is 1. The lowest BCUT2D eigenvalue weighted by atomic mass is 9.96.